The molecule has 2 aliphatic rings. The van der Waals surface area contributed by atoms with Gasteiger partial charge in [-0.15, -0.1) is 13.2 Å². The highest BCUT2D eigenvalue weighted by Gasteiger charge is 2.41. The molecule has 3 aromatic rings. The Morgan fingerprint density at radius 1 is 1.09 bits per heavy atom. The third kappa shape index (κ3) is 7.45. The van der Waals surface area contributed by atoms with Crippen LogP contribution < -0.4 is 20.3 Å². The van der Waals surface area contributed by atoms with E-state index < -0.39 is 40.2 Å². The molecule has 12 nitrogen and oxygen atoms in total. The quantitative estimate of drug-likeness (QED) is 0.390. The Morgan fingerprint density at radius 3 is 2.42 bits per heavy atom. The topological polar surface area (TPSA) is 143 Å². The van der Waals surface area contributed by atoms with E-state index in [0.717, 1.165) is 39.7 Å². The van der Waals surface area contributed by atoms with Gasteiger partial charge in [-0.25, -0.2) is 23.2 Å². The van der Waals surface area contributed by atoms with E-state index in [1.54, 1.807) is 4.90 Å². The number of amides is 2. The van der Waals surface area contributed by atoms with Gasteiger partial charge in [0.15, 0.2) is 5.82 Å². The number of hydrogen-bond donors (Lipinski definition) is 2. The fraction of sp³-hybridized carbons (Fsp3) is 0.379. The van der Waals surface area contributed by atoms with Gasteiger partial charge in [0.1, 0.15) is 29.9 Å². The van der Waals surface area contributed by atoms with E-state index in [0.29, 0.717) is 11.5 Å². The second-order valence-corrected chi connectivity index (χ2v) is 13.4. The summed E-state index contributed by atoms with van der Waals surface area (Å²) in [5.41, 5.74) is 2.26. The largest absolute Gasteiger partial charge is 0.573 e. The Kier molecular flexibility index (Phi) is 8.64. The predicted octanol–water partition coefficient (Wildman–Crippen LogP) is 3.93. The monoisotopic (exact) mass is 648 g/mol. The van der Waals surface area contributed by atoms with Crippen LogP contribution in [-0.2, 0) is 38.1 Å². The zero-order valence-corrected chi connectivity index (χ0v) is 25.4. The number of halogens is 3. The van der Waals surface area contributed by atoms with Gasteiger partial charge in [-0.2, -0.15) is 4.31 Å². The summed E-state index contributed by atoms with van der Waals surface area (Å²) in [5.74, 6) is -0.675. The third-order valence-corrected chi connectivity index (χ3v) is 9.23. The van der Waals surface area contributed by atoms with Gasteiger partial charge in [-0.1, -0.05) is 45.0 Å². The molecule has 5 rings (SSSR count). The van der Waals surface area contributed by atoms with Gasteiger partial charge in [0, 0.05) is 26.2 Å². The molecule has 0 unspecified atom stereocenters. The summed E-state index contributed by atoms with van der Waals surface area (Å²) >= 11 is 0. The highest BCUT2D eigenvalue weighted by atomic mass is 32.2. The normalized spacial score (nSPS) is 17.6. The van der Waals surface area contributed by atoms with E-state index in [1.807, 2.05) is 24.3 Å². The summed E-state index contributed by atoms with van der Waals surface area (Å²) < 4.78 is 75.2. The summed E-state index contributed by atoms with van der Waals surface area (Å²) in [5, 5.41) is 5.29. The average molecular weight is 649 g/mol. The van der Waals surface area contributed by atoms with Crippen LogP contribution in [0.3, 0.4) is 0 Å². The van der Waals surface area contributed by atoms with Gasteiger partial charge < -0.3 is 19.7 Å². The fourth-order valence-electron chi connectivity index (χ4n) is 4.88. The molecule has 240 valence electrons. The van der Waals surface area contributed by atoms with Gasteiger partial charge >= 0.3 is 12.5 Å². The number of ether oxygens (including phenoxy) is 2. The fourth-order valence-corrected chi connectivity index (χ4v) is 6.45. The van der Waals surface area contributed by atoms with Gasteiger partial charge in [-0.05, 0) is 40.8 Å². The predicted molar refractivity (Wildman–Crippen MR) is 156 cm³/mol. The molecule has 0 spiro atoms. The van der Waals surface area contributed by atoms with E-state index in [9.17, 15) is 31.2 Å². The van der Waals surface area contributed by atoms with Crippen molar-refractivity contribution in [3.8, 4) is 5.75 Å². The van der Waals surface area contributed by atoms with Crippen molar-refractivity contribution in [1.82, 2.24) is 19.6 Å². The van der Waals surface area contributed by atoms with Crippen molar-refractivity contribution in [2.75, 3.05) is 29.9 Å². The standard InChI is InChI=1S/C29H31F3N6O6S/c1-28(2,3)19-6-4-18(5-7-19)14-34-26(39)23-16-37(24-15-33-22-17-43-27(40)36-25(22)35-24)12-13-38(23)45(41,42)21-10-8-20(9-11-21)44-29(30,31)32/h4-11,15,23H,12-14,16-17H2,1-3H3,(H,34,39)(H,35,36,40)/t23-/m1/s1. The Balaban J connectivity index is 1.39. The molecule has 16 heteroatoms. The van der Waals surface area contributed by atoms with Crippen molar-refractivity contribution in [1.29, 1.82) is 0 Å². The molecule has 2 N–H and O–H groups in total. The minimum atomic E-state index is -4.94. The molecular formula is C29H31F3N6O6S. The van der Waals surface area contributed by atoms with Gasteiger partial charge in [0.05, 0.1) is 11.1 Å². The number of aromatic nitrogens is 2. The molecule has 0 bridgehead atoms. The summed E-state index contributed by atoms with van der Waals surface area (Å²) in [7, 11) is -4.35. The van der Waals surface area contributed by atoms with Gasteiger partial charge in [-0.3, -0.25) is 10.1 Å². The summed E-state index contributed by atoms with van der Waals surface area (Å²) in [6.07, 6.45) is -4.19. The minimum Gasteiger partial charge on any atom is -0.443 e. The van der Waals surface area contributed by atoms with Crippen LogP contribution in [0, 0.1) is 0 Å². The van der Waals surface area contributed by atoms with E-state index in [1.165, 1.54) is 6.20 Å². The number of alkyl halides is 3. The molecular weight excluding hydrogens is 617 g/mol. The van der Waals surface area contributed by atoms with Crippen LogP contribution in [-0.4, -0.2) is 66.7 Å². The minimum absolute atomic E-state index is 0.0605. The van der Waals surface area contributed by atoms with E-state index >= 15 is 0 Å². The number of nitrogens with one attached hydrogen (secondary N) is 2. The number of cyclic esters (lactones) is 1. The maximum Gasteiger partial charge on any atom is 0.573 e. The van der Waals surface area contributed by atoms with Crippen molar-refractivity contribution < 1.29 is 40.7 Å². The van der Waals surface area contributed by atoms with E-state index in [4.69, 9.17) is 4.74 Å². The Morgan fingerprint density at radius 2 is 1.78 bits per heavy atom. The van der Waals surface area contributed by atoms with Crippen LogP contribution >= 0.6 is 0 Å². The smallest absolute Gasteiger partial charge is 0.443 e. The number of rotatable bonds is 7. The maximum atomic E-state index is 13.8. The molecule has 0 radical (unpaired) electrons. The first-order valence-electron chi connectivity index (χ1n) is 13.9. The van der Waals surface area contributed by atoms with Gasteiger partial charge in [0.2, 0.25) is 15.9 Å². The lowest BCUT2D eigenvalue weighted by Crippen LogP contribution is -2.60. The van der Waals surface area contributed by atoms with E-state index in [-0.39, 0.29) is 48.9 Å². The number of benzene rings is 2. The van der Waals surface area contributed by atoms with Gasteiger partial charge in [0.25, 0.3) is 0 Å². The molecule has 3 heterocycles. The second kappa shape index (κ2) is 12.2. The first kappa shape index (κ1) is 32.0. The number of carbonyl (C=O) groups is 2. The van der Waals surface area contributed by atoms with Crippen molar-refractivity contribution in [2.24, 2.45) is 0 Å². The number of nitrogens with zero attached hydrogens (tertiary/aromatic N) is 4. The summed E-state index contributed by atoms with van der Waals surface area (Å²) in [6.45, 7) is 6.13. The Hall–Kier alpha value is -4.44. The number of hydrogen-bond acceptors (Lipinski definition) is 9. The van der Waals surface area contributed by atoms with Crippen LogP contribution in [0.15, 0.2) is 59.6 Å². The highest BCUT2D eigenvalue weighted by Crippen LogP contribution is 2.29. The van der Waals surface area contributed by atoms with Crippen LogP contribution in [0.25, 0.3) is 0 Å². The maximum absolute atomic E-state index is 13.8. The van der Waals surface area contributed by atoms with Crippen LogP contribution in [0.4, 0.5) is 29.6 Å². The lowest BCUT2D eigenvalue weighted by Gasteiger charge is -2.40. The Bertz CT molecular complexity index is 1680. The van der Waals surface area contributed by atoms with Crippen molar-refractivity contribution in [2.45, 2.75) is 56.6 Å². The molecule has 1 atom stereocenters. The number of anilines is 2. The first-order chi connectivity index (χ1) is 21.1. The lowest BCUT2D eigenvalue weighted by atomic mass is 9.87. The number of fused-ring (bicyclic) bond motifs is 1. The number of carbonyl (C=O) groups excluding carboxylic acids is 2. The molecule has 45 heavy (non-hydrogen) atoms. The Labute approximate surface area is 257 Å². The molecule has 2 aliphatic heterocycles. The van der Waals surface area contributed by atoms with E-state index in [2.05, 4.69) is 46.1 Å². The highest BCUT2D eigenvalue weighted by molar-refractivity contribution is 7.89. The van der Waals surface area contributed by atoms with Crippen molar-refractivity contribution in [3.05, 3.63) is 71.5 Å². The molecule has 2 aromatic carbocycles. The average Bonchev–Trinajstić information content (AvgIpc) is 2.98. The zero-order chi connectivity index (χ0) is 32.6. The molecule has 2 amide bonds. The first-order valence-corrected chi connectivity index (χ1v) is 15.3. The SMILES string of the molecule is CC(C)(C)c1ccc(CNC(=O)[C@H]2CN(c3cnc4c(n3)NC(=O)OC4)CCN2S(=O)(=O)c2ccc(OC(F)(F)F)cc2)cc1. The molecule has 1 saturated heterocycles. The van der Waals surface area contributed by atoms with Crippen LogP contribution in [0.1, 0.15) is 37.6 Å². The number of sulfonamides is 1. The lowest BCUT2D eigenvalue weighted by molar-refractivity contribution is -0.274. The third-order valence-electron chi connectivity index (χ3n) is 7.30. The van der Waals surface area contributed by atoms with Crippen molar-refractivity contribution in [3.63, 3.8) is 0 Å². The summed E-state index contributed by atoms with van der Waals surface area (Å²) in [6, 6.07) is 10.2. The number of piperazine rings is 1. The van der Waals surface area contributed by atoms with Crippen LogP contribution in [0.2, 0.25) is 0 Å². The summed E-state index contributed by atoms with van der Waals surface area (Å²) in [4.78, 5) is 35.4. The molecule has 1 fully saturated rings. The molecule has 0 aliphatic carbocycles. The van der Waals surface area contributed by atoms with Crippen LogP contribution in [0.5, 0.6) is 5.75 Å². The van der Waals surface area contributed by atoms with Crippen molar-refractivity contribution >= 4 is 33.7 Å². The second-order valence-electron chi connectivity index (χ2n) is 11.5. The zero-order valence-electron chi connectivity index (χ0n) is 24.6. The molecule has 0 saturated carbocycles. The molecule has 1 aromatic heterocycles.